The zero-order chi connectivity index (χ0) is 15.2. The molecule has 116 valence electrons. The van der Waals surface area contributed by atoms with E-state index >= 15 is 0 Å². The SMILES string of the molecule is CCCNc1nc(C)cc(C(=O)N2CCN(CC)CC2)n1. The summed E-state index contributed by atoms with van der Waals surface area (Å²) in [4.78, 5) is 25.5. The van der Waals surface area contributed by atoms with Gasteiger partial charge in [-0.1, -0.05) is 13.8 Å². The molecule has 0 unspecified atom stereocenters. The highest BCUT2D eigenvalue weighted by atomic mass is 16.2. The number of aromatic nitrogens is 2. The Bertz CT molecular complexity index is 483. The number of carbonyl (C=O) groups excluding carboxylic acids is 1. The maximum Gasteiger partial charge on any atom is 0.272 e. The highest BCUT2D eigenvalue weighted by molar-refractivity contribution is 5.92. The Morgan fingerprint density at radius 3 is 2.57 bits per heavy atom. The average molecular weight is 291 g/mol. The molecule has 0 atom stereocenters. The van der Waals surface area contributed by atoms with Gasteiger partial charge in [-0.15, -0.1) is 0 Å². The average Bonchev–Trinajstić information content (AvgIpc) is 2.51. The van der Waals surface area contributed by atoms with Gasteiger partial charge >= 0.3 is 0 Å². The van der Waals surface area contributed by atoms with Gasteiger partial charge in [-0.2, -0.15) is 0 Å². The van der Waals surface area contributed by atoms with Crippen LogP contribution in [0, 0.1) is 6.92 Å². The first-order valence-electron chi connectivity index (χ1n) is 7.75. The molecule has 1 N–H and O–H groups in total. The molecule has 6 nitrogen and oxygen atoms in total. The van der Waals surface area contributed by atoms with E-state index in [1.807, 2.05) is 11.8 Å². The molecule has 6 heteroatoms. The molecule has 1 aliphatic heterocycles. The maximum absolute atomic E-state index is 12.6. The van der Waals surface area contributed by atoms with E-state index < -0.39 is 0 Å². The van der Waals surface area contributed by atoms with E-state index in [0.717, 1.165) is 51.4 Å². The molecule has 1 amide bonds. The summed E-state index contributed by atoms with van der Waals surface area (Å²) in [6.07, 6.45) is 1.000. The van der Waals surface area contributed by atoms with Gasteiger partial charge in [0, 0.05) is 38.4 Å². The Morgan fingerprint density at radius 2 is 1.95 bits per heavy atom. The van der Waals surface area contributed by atoms with Crippen molar-refractivity contribution in [3.8, 4) is 0 Å². The quantitative estimate of drug-likeness (QED) is 0.888. The fourth-order valence-electron chi connectivity index (χ4n) is 2.42. The minimum absolute atomic E-state index is 0.0100. The van der Waals surface area contributed by atoms with Crippen LogP contribution in [0.5, 0.6) is 0 Å². The van der Waals surface area contributed by atoms with Crippen molar-refractivity contribution in [2.45, 2.75) is 27.2 Å². The summed E-state index contributed by atoms with van der Waals surface area (Å²) in [5.41, 5.74) is 1.31. The van der Waals surface area contributed by atoms with Gasteiger partial charge in [-0.25, -0.2) is 9.97 Å². The number of hydrogen-bond acceptors (Lipinski definition) is 5. The fourth-order valence-corrected chi connectivity index (χ4v) is 2.42. The number of likely N-dealkylation sites (N-methyl/N-ethyl adjacent to an activating group) is 1. The Hall–Kier alpha value is -1.69. The van der Waals surface area contributed by atoms with Crippen molar-refractivity contribution in [3.05, 3.63) is 17.5 Å². The standard InChI is InChI=1S/C15H25N5O/c1-4-6-16-15-17-12(3)11-13(18-15)14(21)20-9-7-19(5-2)8-10-20/h11H,4-10H2,1-3H3,(H,16,17,18). The van der Waals surface area contributed by atoms with Crippen LogP contribution in [-0.4, -0.2) is 64.9 Å². The molecule has 21 heavy (non-hydrogen) atoms. The second-order valence-corrected chi connectivity index (χ2v) is 5.37. The van der Waals surface area contributed by atoms with Crippen LogP contribution in [0.2, 0.25) is 0 Å². The number of amides is 1. The predicted molar refractivity (Wildman–Crippen MR) is 83.6 cm³/mol. The number of nitrogens with one attached hydrogen (secondary N) is 1. The zero-order valence-corrected chi connectivity index (χ0v) is 13.2. The van der Waals surface area contributed by atoms with Crippen molar-refractivity contribution in [1.29, 1.82) is 0 Å². The molecule has 0 saturated carbocycles. The molecular formula is C15H25N5O. The second kappa shape index (κ2) is 7.36. The van der Waals surface area contributed by atoms with Crippen molar-refractivity contribution in [3.63, 3.8) is 0 Å². The van der Waals surface area contributed by atoms with Crippen LogP contribution < -0.4 is 5.32 Å². The molecular weight excluding hydrogens is 266 g/mol. The van der Waals surface area contributed by atoms with Gasteiger partial charge < -0.3 is 15.1 Å². The molecule has 1 aromatic heterocycles. The third-order valence-corrected chi connectivity index (χ3v) is 3.71. The van der Waals surface area contributed by atoms with Crippen molar-refractivity contribution in [2.75, 3.05) is 44.6 Å². The summed E-state index contributed by atoms with van der Waals surface area (Å²) >= 11 is 0. The van der Waals surface area contributed by atoms with Crippen LogP contribution in [0.25, 0.3) is 0 Å². The lowest BCUT2D eigenvalue weighted by molar-refractivity contribution is 0.0637. The first-order valence-corrected chi connectivity index (χ1v) is 7.75. The van der Waals surface area contributed by atoms with Gasteiger partial charge in [0.15, 0.2) is 0 Å². The van der Waals surface area contributed by atoms with Crippen LogP contribution in [0.4, 0.5) is 5.95 Å². The number of carbonyl (C=O) groups is 1. The summed E-state index contributed by atoms with van der Waals surface area (Å²) in [5, 5.41) is 3.15. The number of piperazine rings is 1. The molecule has 1 saturated heterocycles. The smallest absolute Gasteiger partial charge is 0.272 e. The predicted octanol–water partition coefficient (Wildman–Crippen LogP) is 1.38. The molecule has 0 spiro atoms. The highest BCUT2D eigenvalue weighted by Crippen LogP contribution is 2.10. The van der Waals surface area contributed by atoms with Gasteiger partial charge in [-0.05, 0) is 26.0 Å². The summed E-state index contributed by atoms with van der Waals surface area (Å²) in [6, 6.07) is 1.77. The summed E-state index contributed by atoms with van der Waals surface area (Å²) < 4.78 is 0. The second-order valence-electron chi connectivity index (χ2n) is 5.37. The van der Waals surface area contributed by atoms with Crippen molar-refractivity contribution in [1.82, 2.24) is 19.8 Å². The third kappa shape index (κ3) is 4.14. The van der Waals surface area contributed by atoms with Crippen LogP contribution in [-0.2, 0) is 0 Å². The van der Waals surface area contributed by atoms with Gasteiger partial charge in [0.2, 0.25) is 5.95 Å². The molecule has 2 rings (SSSR count). The third-order valence-electron chi connectivity index (χ3n) is 3.71. The lowest BCUT2D eigenvalue weighted by atomic mass is 10.2. The molecule has 0 aromatic carbocycles. The van der Waals surface area contributed by atoms with E-state index in [9.17, 15) is 4.79 Å². The molecule has 1 aliphatic rings. The first kappa shape index (κ1) is 15.7. The lowest BCUT2D eigenvalue weighted by Gasteiger charge is -2.33. The topological polar surface area (TPSA) is 61.4 Å². The Morgan fingerprint density at radius 1 is 1.24 bits per heavy atom. The van der Waals surface area contributed by atoms with Crippen LogP contribution in [0.1, 0.15) is 36.5 Å². The Kier molecular flexibility index (Phi) is 5.50. The maximum atomic E-state index is 12.6. The summed E-state index contributed by atoms with van der Waals surface area (Å²) in [5.74, 6) is 0.559. The molecule has 0 aliphatic carbocycles. The molecule has 0 radical (unpaired) electrons. The van der Waals surface area contributed by atoms with E-state index in [-0.39, 0.29) is 5.91 Å². The Balaban J connectivity index is 2.06. The van der Waals surface area contributed by atoms with Gasteiger partial charge in [0.1, 0.15) is 5.69 Å². The van der Waals surface area contributed by atoms with E-state index in [1.165, 1.54) is 0 Å². The largest absolute Gasteiger partial charge is 0.354 e. The van der Waals surface area contributed by atoms with Gasteiger partial charge in [0.25, 0.3) is 5.91 Å². The minimum Gasteiger partial charge on any atom is -0.354 e. The van der Waals surface area contributed by atoms with Crippen molar-refractivity contribution >= 4 is 11.9 Å². The zero-order valence-electron chi connectivity index (χ0n) is 13.2. The van der Waals surface area contributed by atoms with E-state index in [4.69, 9.17) is 0 Å². The summed E-state index contributed by atoms with van der Waals surface area (Å²) in [6.45, 7) is 11.4. The number of nitrogens with zero attached hydrogens (tertiary/aromatic N) is 4. The van der Waals surface area contributed by atoms with Gasteiger partial charge in [0.05, 0.1) is 0 Å². The number of hydrogen-bond donors (Lipinski definition) is 1. The Labute approximate surface area is 126 Å². The lowest BCUT2D eigenvalue weighted by Crippen LogP contribution is -2.48. The number of rotatable bonds is 5. The van der Waals surface area contributed by atoms with Crippen molar-refractivity contribution in [2.24, 2.45) is 0 Å². The number of anilines is 1. The van der Waals surface area contributed by atoms with Gasteiger partial charge in [-0.3, -0.25) is 4.79 Å². The molecule has 0 bridgehead atoms. The van der Waals surface area contributed by atoms with E-state index in [1.54, 1.807) is 6.07 Å². The first-order chi connectivity index (χ1) is 10.1. The monoisotopic (exact) mass is 291 g/mol. The molecule has 1 fully saturated rings. The van der Waals surface area contributed by atoms with E-state index in [2.05, 4.69) is 34.0 Å². The minimum atomic E-state index is 0.0100. The van der Waals surface area contributed by atoms with Crippen LogP contribution in [0.3, 0.4) is 0 Å². The molecule has 2 heterocycles. The highest BCUT2D eigenvalue weighted by Gasteiger charge is 2.22. The number of aryl methyl sites for hydroxylation is 1. The summed E-state index contributed by atoms with van der Waals surface area (Å²) in [7, 11) is 0. The van der Waals surface area contributed by atoms with Crippen LogP contribution >= 0.6 is 0 Å². The fraction of sp³-hybridized carbons (Fsp3) is 0.667. The van der Waals surface area contributed by atoms with Crippen LogP contribution in [0.15, 0.2) is 6.07 Å². The van der Waals surface area contributed by atoms with E-state index in [0.29, 0.717) is 11.6 Å². The molecule has 1 aromatic rings. The normalized spacial score (nSPS) is 16.0. The van der Waals surface area contributed by atoms with Crippen molar-refractivity contribution < 1.29 is 4.79 Å².